The van der Waals surface area contributed by atoms with E-state index in [9.17, 15) is 9.59 Å². The molecule has 1 unspecified atom stereocenters. The highest BCUT2D eigenvalue weighted by Crippen LogP contribution is 2.40. The minimum absolute atomic E-state index is 0.00321. The van der Waals surface area contributed by atoms with E-state index in [1.165, 1.54) is 25.7 Å². The molecule has 2 aliphatic carbocycles. The third-order valence-corrected chi connectivity index (χ3v) is 8.87. The summed E-state index contributed by atoms with van der Waals surface area (Å²) in [5, 5.41) is 8.60. The van der Waals surface area contributed by atoms with Gasteiger partial charge in [-0.15, -0.1) is 0 Å². The molecule has 0 bridgehead atoms. The monoisotopic (exact) mass is 503 g/mol. The zero-order valence-electron chi connectivity index (χ0n) is 22.9. The predicted octanol–water partition coefficient (Wildman–Crippen LogP) is 6.65. The minimum Gasteiger partial charge on any atom is -0.342 e. The molecule has 1 heterocycles. The number of piperidine rings is 1. The average molecular weight is 504 g/mol. The van der Waals surface area contributed by atoms with Crippen LogP contribution in [-0.4, -0.2) is 47.1 Å². The molecule has 0 spiro atoms. The van der Waals surface area contributed by atoms with Crippen molar-refractivity contribution in [3.63, 3.8) is 0 Å². The van der Waals surface area contributed by atoms with E-state index in [1.54, 1.807) is 11.8 Å². The van der Waals surface area contributed by atoms with Crippen molar-refractivity contribution in [1.29, 1.82) is 5.41 Å². The van der Waals surface area contributed by atoms with Gasteiger partial charge < -0.3 is 4.90 Å². The maximum atomic E-state index is 14.5. The van der Waals surface area contributed by atoms with Gasteiger partial charge >= 0.3 is 0 Å². The van der Waals surface area contributed by atoms with Crippen LogP contribution in [0.15, 0.2) is 54.1 Å². The van der Waals surface area contributed by atoms with Crippen LogP contribution >= 0.6 is 0 Å². The van der Waals surface area contributed by atoms with Crippen molar-refractivity contribution < 1.29 is 9.59 Å². The van der Waals surface area contributed by atoms with Gasteiger partial charge in [0.2, 0.25) is 11.8 Å². The van der Waals surface area contributed by atoms with E-state index in [-0.39, 0.29) is 11.8 Å². The SMILES string of the molecule is CCC(C(=O)N(CC1CCN(C(=O)C2CCCCCC2)CC1)C(C)=N)(C1=CCCC=C1)c1ccccc1. The van der Waals surface area contributed by atoms with Crippen LogP contribution in [0.25, 0.3) is 0 Å². The van der Waals surface area contributed by atoms with E-state index in [0.29, 0.717) is 30.6 Å². The second kappa shape index (κ2) is 12.7. The van der Waals surface area contributed by atoms with Crippen molar-refractivity contribution in [3.05, 3.63) is 59.7 Å². The van der Waals surface area contributed by atoms with Gasteiger partial charge in [0.1, 0.15) is 0 Å². The smallest absolute Gasteiger partial charge is 0.242 e. The van der Waals surface area contributed by atoms with E-state index in [2.05, 4.69) is 42.2 Å². The minimum atomic E-state index is -0.795. The van der Waals surface area contributed by atoms with E-state index < -0.39 is 5.41 Å². The quantitative estimate of drug-likeness (QED) is 0.257. The third kappa shape index (κ3) is 6.08. The van der Waals surface area contributed by atoms with Crippen LogP contribution in [-0.2, 0) is 15.0 Å². The molecule has 0 radical (unpaired) electrons. The number of nitrogens with one attached hydrogen (secondary N) is 1. The lowest BCUT2D eigenvalue weighted by atomic mass is 9.69. The lowest BCUT2D eigenvalue weighted by Crippen LogP contribution is -2.52. The highest BCUT2D eigenvalue weighted by Gasteiger charge is 2.45. The number of hydrogen-bond acceptors (Lipinski definition) is 3. The summed E-state index contributed by atoms with van der Waals surface area (Å²) in [6, 6.07) is 10.1. The first kappa shape index (κ1) is 27.3. The fraction of sp³-hybridized carbons (Fsp3) is 0.594. The fourth-order valence-electron chi connectivity index (χ4n) is 6.61. The molecule has 2 amide bonds. The van der Waals surface area contributed by atoms with Gasteiger partial charge in [0.05, 0.1) is 11.3 Å². The average Bonchev–Trinajstić information content (AvgIpc) is 3.23. The van der Waals surface area contributed by atoms with Gasteiger partial charge in [0.15, 0.2) is 0 Å². The van der Waals surface area contributed by atoms with Crippen LogP contribution in [0.2, 0.25) is 0 Å². The Bertz CT molecular complexity index is 998. The van der Waals surface area contributed by atoms with E-state index in [0.717, 1.165) is 62.8 Å². The second-order valence-corrected chi connectivity index (χ2v) is 11.2. The summed E-state index contributed by atoms with van der Waals surface area (Å²) < 4.78 is 0. The summed E-state index contributed by atoms with van der Waals surface area (Å²) in [6.45, 7) is 5.91. The maximum Gasteiger partial charge on any atom is 0.242 e. The Hall–Kier alpha value is -2.69. The molecule has 5 nitrogen and oxygen atoms in total. The predicted molar refractivity (Wildman–Crippen MR) is 150 cm³/mol. The third-order valence-electron chi connectivity index (χ3n) is 8.87. The van der Waals surface area contributed by atoms with Crippen molar-refractivity contribution in [2.45, 2.75) is 89.9 Å². The zero-order chi connectivity index (χ0) is 26.3. The molecule has 1 aromatic rings. The molecule has 3 aliphatic rings. The van der Waals surface area contributed by atoms with Crippen LogP contribution in [0.4, 0.5) is 0 Å². The number of carbonyl (C=O) groups is 2. The molecule has 1 N–H and O–H groups in total. The summed E-state index contributed by atoms with van der Waals surface area (Å²) in [5.41, 5.74) is 1.25. The first-order valence-electron chi connectivity index (χ1n) is 14.6. The molecular formula is C32H45N3O2. The van der Waals surface area contributed by atoms with Crippen molar-refractivity contribution in [3.8, 4) is 0 Å². The van der Waals surface area contributed by atoms with Crippen molar-refractivity contribution >= 4 is 17.6 Å². The summed E-state index contributed by atoms with van der Waals surface area (Å²) in [5.74, 6) is 1.15. The van der Waals surface area contributed by atoms with Crippen molar-refractivity contribution in [2.24, 2.45) is 11.8 Å². The summed E-state index contributed by atoms with van der Waals surface area (Å²) in [6.07, 6.45) is 17.8. The fourth-order valence-corrected chi connectivity index (χ4v) is 6.61. The largest absolute Gasteiger partial charge is 0.342 e. The van der Waals surface area contributed by atoms with E-state index in [1.807, 2.05) is 18.2 Å². The number of hydrogen-bond donors (Lipinski definition) is 1. The van der Waals surface area contributed by atoms with Crippen LogP contribution in [0.3, 0.4) is 0 Å². The molecule has 1 atom stereocenters. The molecule has 5 heteroatoms. The van der Waals surface area contributed by atoms with Gasteiger partial charge in [-0.1, -0.05) is 81.2 Å². The van der Waals surface area contributed by atoms with Gasteiger partial charge in [0.25, 0.3) is 0 Å². The second-order valence-electron chi connectivity index (χ2n) is 11.2. The molecule has 2 fully saturated rings. The zero-order valence-corrected chi connectivity index (χ0v) is 22.9. The van der Waals surface area contributed by atoms with Gasteiger partial charge in [-0.05, 0) is 68.9 Å². The highest BCUT2D eigenvalue weighted by molar-refractivity contribution is 6.03. The Morgan fingerprint density at radius 1 is 1.00 bits per heavy atom. The van der Waals surface area contributed by atoms with Crippen LogP contribution in [0.1, 0.15) is 90.0 Å². The maximum absolute atomic E-state index is 14.5. The van der Waals surface area contributed by atoms with Crippen LogP contribution in [0, 0.1) is 17.2 Å². The van der Waals surface area contributed by atoms with Gasteiger partial charge in [-0.25, -0.2) is 0 Å². The van der Waals surface area contributed by atoms with Crippen molar-refractivity contribution in [1.82, 2.24) is 9.80 Å². The number of likely N-dealkylation sites (tertiary alicyclic amines) is 1. The first-order valence-corrected chi connectivity index (χ1v) is 14.6. The molecule has 0 aromatic heterocycles. The molecule has 200 valence electrons. The number of nitrogens with zero attached hydrogens (tertiary/aromatic N) is 2. The van der Waals surface area contributed by atoms with Crippen LogP contribution in [0.5, 0.6) is 0 Å². The Balaban J connectivity index is 1.49. The van der Waals surface area contributed by atoms with E-state index in [4.69, 9.17) is 5.41 Å². The topological polar surface area (TPSA) is 64.5 Å². The number of allylic oxidation sites excluding steroid dienone is 3. The Morgan fingerprint density at radius 3 is 2.24 bits per heavy atom. The van der Waals surface area contributed by atoms with Gasteiger partial charge in [0, 0.05) is 25.6 Å². The molecule has 1 aromatic carbocycles. The molecule has 1 aliphatic heterocycles. The lowest BCUT2D eigenvalue weighted by Gasteiger charge is -2.41. The Morgan fingerprint density at radius 2 is 1.68 bits per heavy atom. The number of amides is 2. The molecule has 4 rings (SSSR count). The van der Waals surface area contributed by atoms with Gasteiger partial charge in [-0.3, -0.25) is 19.9 Å². The normalized spacial score (nSPS) is 21.0. The standard InChI is InChI=1S/C32H45N3O2/c1-3-32(28-16-10-6-11-17-28,29-18-12-7-13-19-29)31(37)35(25(2)33)24-26-20-22-34(23-21-26)30(36)27-14-8-4-5-9-15-27/h6,10-12,16-19,26-27,33H,3-5,7-9,13-15,20-24H2,1-2H3. The highest BCUT2D eigenvalue weighted by atomic mass is 16.2. The Kier molecular flexibility index (Phi) is 9.39. The Labute approximate surface area is 223 Å². The lowest BCUT2D eigenvalue weighted by molar-refractivity contribution is -0.138. The molecule has 37 heavy (non-hydrogen) atoms. The number of amidine groups is 1. The first-order chi connectivity index (χ1) is 18.0. The van der Waals surface area contributed by atoms with Crippen LogP contribution < -0.4 is 0 Å². The summed E-state index contributed by atoms with van der Waals surface area (Å²) in [4.78, 5) is 31.4. The van der Waals surface area contributed by atoms with Crippen molar-refractivity contribution in [2.75, 3.05) is 19.6 Å². The number of rotatable bonds is 7. The van der Waals surface area contributed by atoms with E-state index >= 15 is 0 Å². The number of benzene rings is 1. The molecule has 1 saturated heterocycles. The molecular weight excluding hydrogens is 458 g/mol. The summed E-state index contributed by atoms with van der Waals surface area (Å²) >= 11 is 0. The molecule has 1 saturated carbocycles. The summed E-state index contributed by atoms with van der Waals surface area (Å²) in [7, 11) is 0. The number of carbonyl (C=O) groups excluding carboxylic acids is 2. The van der Waals surface area contributed by atoms with Gasteiger partial charge in [-0.2, -0.15) is 0 Å².